The fourth-order valence-electron chi connectivity index (χ4n) is 0.914. The number of hydrogen-bond acceptors (Lipinski definition) is 2. The first-order chi connectivity index (χ1) is 6.50. The van der Waals surface area contributed by atoms with Gasteiger partial charge in [-0.15, -0.1) is 11.3 Å². The molecule has 0 radical (unpaired) electrons. The first-order valence-corrected chi connectivity index (χ1v) is 5.35. The maximum absolute atomic E-state index is 11.3. The molecule has 0 fully saturated rings. The van der Waals surface area contributed by atoms with Gasteiger partial charge in [-0.25, -0.2) is 4.79 Å². The molecule has 0 atom stereocenters. The van der Waals surface area contributed by atoms with E-state index in [2.05, 4.69) is 10.3 Å². The number of thiazole rings is 1. The number of amides is 2. The lowest BCUT2D eigenvalue weighted by Crippen LogP contribution is -2.29. The Bertz CT molecular complexity index is 389. The molecule has 1 aromatic heterocycles. The van der Waals surface area contributed by atoms with Gasteiger partial charge in [-0.3, -0.25) is 0 Å². The summed E-state index contributed by atoms with van der Waals surface area (Å²) in [5, 5.41) is 4.69. The lowest BCUT2D eigenvalue weighted by Gasteiger charge is -2.03. The van der Waals surface area contributed by atoms with Crippen molar-refractivity contribution in [3.05, 3.63) is 15.9 Å². The van der Waals surface area contributed by atoms with Crippen LogP contribution in [-0.4, -0.2) is 16.6 Å². The predicted molar refractivity (Wildman–Crippen MR) is 57.3 cm³/mol. The Balaban J connectivity index is 2.88. The van der Waals surface area contributed by atoms with Crippen LogP contribution in [0.3, 0.4) is 0 Å². The van der Waals surface area contributed by atoms with E-state index in [-0.39, 0.29) is 12.1 Å². The molecular weight excluding hydrogens is 198 g/mol. The fourth-order valence-corrected chi connectivity index (χ4v) is 1.79. The van der Waals surface area contributed by atoms with Crippen molar-refractivity contribution >= 4 is 17.4 Å². The van der Waals surface area contributed by atoms with Gasteiger partial charge in [-0.1, -0.05) is 0 Å². The zero-order valence-electron chi connectivity index (χ0n) is 8.87. The normalized spacial score (nSPS) is 12.2. The summed E-state index contributed by atoms with van der Waals surface area (Å²) in [5.41, 5.74) is 1.10. The Hall–Kier alpha value is -1.10. The summed E-state index contributed by atoms with van der Waals surface area (Å²) < 4.78 is 1.89. The van der Waals surface area contributed by atoms with Gasteiger partial charge in [0.1, 0.15) is 0 Å². The second-order valence-corrected chi connectivity index (χ2v) is 4.27. The fraction of sp³-hybridized carbons (Fsp3) is 0.556. The number of rotatable bonds is 1. The first kappa shape index (κ1) is 11.0. The van der Waals surface area contributed by atoms with E-state index in [1.165, 1.54) is 11.3 Å². The van der Waals surface area contributed by atoms with Crippen LogP contribution in [0.5, 0.6) is 0 Å². The second-order valence-electron chi connectivity index (χ2n) is 3.43. The topological polar surface area (TPSA) is 46.4 Å². The number of hydrogen-bond donors (Lipinski definition) is 1. The zero-order chi connectivity index (χ0) is 10.7. The molecule has 0 aromatic carbocycles. The monoisotopic (exact) mass is 213 g/mol. The van der Waals surface area contributed by atoms with Crippen LogP contribution >= 0.6 is 11.3 Å². The molecule has 1 aromatic rings. The van der Waals surface area contributed by atoms with E-state index in [0.29, 0.717) is 0 Å². The third-order valence-electron chi connectivity index (χ3n) is 1.76. The first-order valence-electron chi connectivity index (χ1n) is 4.47. The highest BCUT2D eigenvalue weighted by atomic mass is 32.1. The van der Waals surface area contributed by atoms with Gasteiger partial charge in [0.15, 0.2) is 4.80 Å². The van der Waals surface area contributed by atoms with Crippen molar-refractivity contribution in [1.82, 2.24) is 9.88 Å². The molecule has 0 spiro atoms. The molecule has 0 saturated heterocycles. The summed E-state index contributed by atoms with van der Waals surface area (Å²) in [7, 11) is 1.90. The highest BCUT2D eigenvalue weighted by Gasteiger charge is 2.01. The van der Waals surface area contributed by atoms with Crippen molar-refractivity contribution in [2.24, 2.45) is 12.0 Å². The molecule has 0 aliphatic heterocycles. The van der Waals surface area contributed by atoms with Crippen molar-refractivity contribution in [2.75, 3.05) is 0 Å². The van der Waals surface area contributed by atoms with Crippen molar-refractivity contribution in [3.63, 3.8) is 0 Å². The standard InChI is InChI=1S/C9H15N3OS/c1-6(2)10-8(13)11-9-12(4)7(3)5-14-9/h5-6H,1-4H3,(H,10,13). The van der Waals surface area contributed by atoms with Crippen LogP contribution in [0.2, 0.25) is 0 Å². The van der Waals surface area contributed by atoms with Gasteiger partial charge in [-0.05, 0) is 20.8 Å². The van der Waals surface area contributed by atoms with Gasteiger partial charge in [-0.2, -0.15) is 4.99 Å². The number of carbonyl (C=O) groups is 1. The van der Waals surface area contributed by atoms with E-state index < -0.39 is 0 Å². The minimum atomic E-state index is -0.280. The van der Waals surface area contributed by atoms with Gasteiger partial charge in [0, 0.05) is 24.2 Å². The van der Waals surface area contributed by atoms with Crippen LogP contribution in [0, 0.1) is 6.92 Å². The summed E-state index contributed by atoms with van der Waals surface area (Å²) >= 11 is 1.47. The van der Waals surface area contributed by atoms with E-state index in [1.54, 1.807) is 0 Å². The van der Waals surface area contributed by atoms with Crippen molar-refractivity contribution in [3.8, 4) is 0 Å². The molecule has 14 heavy (non-hydrogen) atoms. The summed E-state index contributed by atoms with van der Waals surface area (Å²) in [6.07, 6.45) is 0. The molecule has 0 saturated carbocycles. The summed E-state index contributed by atoms with van der Waals surface area (Å²) in [6.45, 7) is 5.80. The molecule has 0 bridgehead atoms. The zero-order valence-corrected chi connectivity index (χ0v) is 9.68. The number of carbonyl (C=O) groups excluding carboxylic acids is 1. The maximum atomic E-state index is 11.3. The van der Waals surface area contributed by atoms with E-state index in [9.17, 15) is 4.79 Å². The number of aryl methyl sites for hydroxylation is 1. The highest BCUT2D eigenvalue weighted by Crippen LogP contribution is 1.96. The van der Waals surface area contributed by atoms with Gasteiger partial charge in [0.05, 0.1) is 0 Å². The van der Waals surface area contributed by atoms with E-state index in [1.807, 2.05) is 37.8 Å². The number of aromatic nitrogens is 1. The summed E-state index contributed by atoms with van der Waals surface area (Å²) in [6, 6.07) is -0.157. The van der Waals surface area contributed by atoms with Gasteiger partial charge < -0.3 is 9.88 Å². The van der Waals surface area contributed by atoms with Crippen LogP contribution in [-0.2, 0) is 7.05 Å². The average Bonchev–Trinajstić information content (AvgIpc) is 2.34. The Morgan fingerprint density at radius 3 is 2.71 bits per heavy atom. The quantitative estimate of drug-likeness (QED) is 0.753. The molecule has 1 N–H and O–H groups in total. The Labute approximate surface area is 87.3 Å². The van der Waals surface area contributed by atoms with Crippen LogP contribution in [0.4, 0.5) is 4.79 Å². The van der Waals surface area contributed by atoms with E-state index in [0.717, 1.165) is 10.5 Å². The molecule has 1 heterocycles. The third-order valence-corrected chi connectivity index (χ3v) is 2.80. The average molecular weight is 213 g/mol. The van der Waals surface area contributed by atoms with Crippen LogP contribution < -0.4 is 10.1 Å². The van der Waals surface area contributed by atoms with Crippen LogP contribution in [0.1, 0.15) is 19.5 Å². The molecular formula is C9H15N3OS. The lowest BCUT2D eigenvalue weighted by molar-refractivity contribution is 0.246. The molecule has 2 amide bonds. The van der Waals surface area contributed by atoms with Gasteiger partial charge in [0.25, 0.3) is 0 Å². The molecule has 4 nitrogen and oxygen atoms in total. The minimum absolute atomic E-state index is 0.123. The summed E-state index contributed by atoms with van der Waals surface area (Å²) in [4.78, 5) is 16.0. The SMILES string of the molecule is Cc1csc(=NC(=O)NC(C)C)n1C. The van der Waals surface area contributed by atoms with Gasteiger partial charge in [0.2, 0.25) is 0 Å². The lowest BCUT2D eigenvalue weighted by atomic mass is 10.4. The number of urea groups is 1. The van der Waals surface area contributed by atoms with E-state index in [4.69, 9.17) is 0 Å². The Morgan fingerprint density at radius 1 is 1.64 bits per heavy atom. The smallest absolute Gasteiger partial charge is 0.334 e. The second kappa shape index (κ2) is 4.41. The number of nitrogens with one attached hydrogen (secondary N) is 1. The van der Waals surface area contributed by atoms with Crippen LogP contribution in [0.15, 0.2) is 10.4 Å². The predicted octanol–water partition coefficient (Wildman–Crippen LogP) is 1.41. The molecule has 0 aliphatic rings. The largest absolute Gasteiger partial charge is 0.343 e. The highest BCUT2D eigenvalue weighted by molar-refractivity contribution is 7.07. The van der Waals surface area contributed by atoms with Crippen molar-refractivity contribution in [2.45, 2.75) is 26.8 Å². The Morgan fingerprint density at radius 2 is 2.29 bits per heavy atom. The number of nitrogens with zero attached hydrogens (tertiary/aromatic N) is 2. The molecule has 0 aliphatic carbocycles. The minimum Gasteiger partial charge on any atom is -0.334 e. The van der Waals surface area contributed by atoms with Crippen molar-refractivity contribution in [1.29, 1.82) is 0 Å². The third kappa shape index (κ3) is 2.70. The van der Waals surface area contributed by atoms with Gasteiger partial charge >= 0.3 is 6.03 Å². The van der Waals surface area contributed by atoms with Crippen LogP contribution in [0.25, 0.3) is 0 Å². The Kier molecular flexibility index (Phi) is 3.46. The van der Waals surface area contributed by atoms with E-state index >= 15 is 0 Å². The molecule has 1 rings (SSSR count). The summed E-state index contributed by atoms with van der Waals surface area (Å²) in [5.74, 6) is 0. The molecule has 5 heteroatoms. The molecule has 78 valence electrons. The molecule has 0 unspecified atom stereocenters. The maximum Gasteiger partial charge on any atom is 0.343 e. The van der Waals surface area contributed by atoms with Crippen molar-refractivity contribution < 1.29 is 4.79 Å².